The third-order valence-electron chi connectivity index (χ3n) is 4.07. The van der Waals surface area contributed by atoms with Gasteiger partial charge in [0.2, 0.25) is 0 Å². The summed E-state index contributed by atoms with van der Waals surface area (Å²) in [7, 11) is -3.67. The standard InChI is InChI=1S/C19H25N3O3S.ClH/c1-13-4-9-18(12-14(13)2)26(24,25)22-17-7-5-16(6-8-17)19(23)21-11-10-15(3)20;/h4-9,12,15,22H,10-11,20H2,1-3H3,(H,21,23);1H. The molecule has 0 aliphatic carbocycles. The van der Waals surface area contributed by atoms with E-state index >= 15 is 0 Å². The highest BCUT2D eigenvalue weighted by Crippen LogP contribution is 2.19. The lowest BCUT2D eigenvalue weighted by atomic mass is 10.1. The van der Waals surface area contributed by atoms with Gasteiger partial charge >= 0.3 is 0 Å². The molecule has 1 unspecified atom stereocenters. The van der Waals surface area contributed by atoms with Gasteiger partial charge in [-0.2, -0.15) is 0 Å². The van der Waals surface area contributed by atoms with Gasteiger partial charge in [0, 0.05) is 23.8 Å². The highest BCUT2D eigenvalue weighted by Gasteiger charge is 2.15. The van der Waals surface area contributed by atoms with E-state index in [0.717, 1.165) is 11.1 Å². The number of rotatable bonds is 7. The molecule has 148 valence electrons. The lowest BCUT2D eigenvalue weighted by Crippen LogP contribution is -2.28. The molecule has 0 radical (unpaired) electrons. The minimum absolute atomic E-state index is 0. The molecule has 0 aromatic heterocycles. The number of aryl methyl sites for hydroxylation is 2. The number of nitrogens with one attached hydrogen (secondary N) is 2. The maximum Gasteiger partial charge on any atom is 0.261 e. The molecule has 2 aromatic rings. The number of carbonyl (C=O) groups is 1. The molecule has 4 N–H and O–H groups in total. The van der Waals surface area contributed by atoms with Crippen LogP contribution in [0.1, 0.15) is 34.8 Å². The SMILES string of the molecule is Cc1ccc(S(=O)(=O)Nc2ccc(C(=O)NCCC(C)N)cc2)cc1C.Cl. The van der Waals surface area contributed by atoms with E-state index in [9.17, 15) is 13.2 Å². The van der Waals surface area contributed by atoms with Gasteiger partial charge in [0.1, 0.15) is 0 Å². The van der Waals surface area contributed by atoms with E-state index in [1.807, 2.05) is 20.8 Å². The van der Waals surface area contributed by atoms with Crippen LogP contribution in [0.2, 0.25) is 0 Å². The first-order chi connectivity index (χ1) is 12.2. The van der Waals surface area contributed by atoms with Crippen molar-refractivity contribution in [1.29, 1.82) is 0 Å². The second-order valence-corrected chi connectivity index (χ2v) is 8.13. The number of benzene rings is 2. The predicted molar refractivity (Wildman–Crippen MR) is 111 cm³/mol. The van der Waals surface area contributed by atoms with Crippen molar-refractivity contribution in [3.63, 3.8) is 0 Å². The van der Waals surface area contributed by atoms with Crippen molar-refractivity contribution < 1.29 is 13.2 Å². The predicted octanol–water partition coefficient (Wildman–Crippen LogP) is 2.99. The van der Waals surface area contributed by atoms with Gasteiger partial charge in [-0.05, 0) is 74.7 Å². The fourth-order valence-corrected chi connectivity index (χ4v) is 3.44. The third kappa shape index (κ3) is 6.53. The summed E-state index contributed by atoms with van der Waals surface area (Å²) in [6, 6.07) is 11.3. The highest BCUT2D eigenvalue weighted by atomic mass is 35.5. The molecular formula is C19H26ClN3O3S. The van der Waals surface area contributed by atoms with E-state index in [4.69, 9.17) is 5.73 Å². The summed E-state index contributed by atoms with van der Waals surface area (Å²) in [5.74, 6) is -0.214. The molecule has 0 spiro atoms. The first-order valence-corrected chi connectivity index (χ1v) is 9.91. The van der Waals surface area contributed by atoms with Crippen LogP contribution in [0.25, 0.3) is 0 Å². The summed E-state index contributed by atoms with van der Waals surface area (Å²) in [6.07, 6.45) is 0.694. The van der Waals surface area contributed by atoms with Crippen LogP contribution in [0.5, 0.6) is 0 Å². The van der Waals surface area contributed by atoms with Crippen LogP contribution in [0.15, 0.2) is 47.4 Å². The molecule has 0 heterocycles. The monoisotopic (exact) mass is 411 g/mol. The van der Waals surface area contributed by atoms with Crippen molar-refractivity contribution in [2.24, 2.45) is 5.73 Å². The van der Waals surface area contributed by atoms with Crippen molar-refractivity contribution in [1.82, 2.24) is 5.32 Å². The summed E-state index contributed by atoms with van der Waals surface area (Å²) in [5, 5.41) is 2.78. The van der Waals surface area contributed by atoms with Crippen molar-refractivity contribution in [3.05, 3.63) is 59.2 Å². The number of hydrogen-bond donors (Lipinski definition) is 3. The molecular weight excluding hydrogens is 386 g/mol. The maximum atomic E-state index is 12.5. The minimum Gasteiger partial charge on any atom is -0.352 e. The van der Waals surface area contributed by atoms with Crippen LogP contribution < -0.4 is 15.8 Å². The van der Waals surface area contributed by atoms with E-state index < -0.39 is 10.0 Å². The van der Waals surface area contributed by atoms with Gasteiger partial charge in [-0.1, -0.05) is 6.07 Å². The van der Waals surface area contributed by atoms with Gasteiger partial charge in [0.05, 0.1) is 4.90 Å². The quantitative estimate of drug-likeness (QED) is 0.651. The summed E-state index contributed by atoms with van der Waals surface area (Å²) >= 11 is 0. The Labute approximate surface area is 167 Å². The number of halogens is 1. The topological polar surface area (TPSA) is 101 Å². The van der Waals surface area contributed by atoms with Crippen LogP contribution in [-0.2, 0) is 10.0 Å². The van der Waals surface area contributed by atoms with Crippen LogP contribution in [0, 0.1) is 13.8 Å². The number of carbonyl (C=O) groups excluding carboxylic acids is 1. The molecule has 2 aromatic carbocycles. The lowest BCUT2D eigenvalue weighted by Gasteiger charge is -2.11. The fourth-order valence-electron chi connectivity index (χ4n) is 2.30. The molecule has 1 amide bonds. The van der Waals surface area contributed by atoms with Gasteiger partial charge in [-0.25, -0.2) is 8.42 Å². The zero-order valence-electron chi connectivity index (χ0n) is 15.7. The summed E-state index contributed by atoms with van der Waals surface area (Å²) in [5.41, 5.74) is 8.45. The van der Waals surface area contributed by atoms with E-state index in [-0.39, 0.29) is 29.3 Å². The van der Waals surface area contributed by atoms with Gasteiger partial charge in [-0.15, -0.1) is 12.4 Å². The molecule has 0 saturated heterocycles. The van der Waals surface area contributed by atoms with Crippen molar-refractivity contribution >= 4 is 34.0 Å². The van der Waals surface area contributed by atoms with Crippen LogP contribution >= 0.6 is 12.4 Å². The Morgan fingerprint density at radius 2 is 1.70 bits per heavy atom. The van der Waals surface area contributed by atoms with Gasteiger partial charge in [-0.3, -0.25) is 9.52 Å². The van der Waals surface area contributed by atoms with Gasteiger partial charge in [0.15, 0.2) is 0 Å². The van der Waals surface area contributed by atoms with E-state index in [1.54, 1.807) is 42.5 Å². The largest absolute Gasteiger partial charge is 0.352 e. The molecule has 2 rings (SSSR count). The van der Waals surface area contributed by atoms with Gasteiger partial charge in [0.25, 0.3) is 15.9 Å². The lowest BCUT2D eigenvalue weighted by molar-refractivity contribution is 0.0953. The number of sulfonamides is 1. The van der Waals surface area contributed by atoms with E-state index in [0.29, 0.717) is 24.2 Å². The second-order valence-electron chi connectivity index (χ2n) is 6.45. The zero-order valence-corrected chi connectivity index (χ0v) is 17.3. The fraction of sp³-hybridized carbons (Fsp3) is 0.316. The Bertz CT molecular complexity index is 882. The average Bonchev–Trinajstić information content (AvgIpc) is 2.57. The maximum absolute atomic E-state index is 12.5. The Kier molecular flexibility index (Phi) is 8.27. The Morgan fingerprint density at radius 1 is 1.07 bits per heavy atom. The zero-order chi connectivity index (χ0) is 19.3. The van der Waals surface area contributed by atoms with Crippen LogP contribution in [0.3, 0.4) is 0 Å². The van der Waals surface area contributed by atoms with Gasteiger partial charge < -0.3 is 11.1 Å². The normalized spacial score (nSPS) is 12.0. The Balaban J connectivity index is 0.00000364. The third-order valence-corrected chi connectivity index (χ3v) is 5.45. The molecule has 0 saturated carbocycles. The van der Waals surface area contributed by atoms with Crippen molar-refractivity contribution in [3.8, 4) is 0 Å². The molecule has 0 aliphatic heterocycles. The minimum atomic E-state index is -3.67. The number of hydrogen-bond acceptors (Lipinski definition) is 4. The summed E-state index contributed by atoms with van der Waals surface area (Å²) < 4.78 is 27.5. The molecule has 0 fully saturated rings. The molecule has 0 bridgehead atoms. The second kappa shape index (κ2) is 9.73. The molecule has 27 heavy (non-hydrogen) atoms. The van der Waals surface area contributed by atoms with Crippen molar-refractivity contribution in [2.75, 3.05) is 11.3 Å². The van der Waals surface area contributed by atoms with Crippen LogP contribution in [-0.4, -0.2) is 26.9 Å². The number of nitrogens with two attached hydrogens (primary N) is 1. The molecule has 0 aliphatic rings. The summed E-state index contributed by atoms with van der Waals surface area (Å²) in [6.45, 7) is 6.17. The first-order valence-electron chi connectivity index (χ1n) is 8.43. The molecule has 6 nitrogen and oxygen atoms in total. The molecule has 8 heteroatoms. The van der Waals surface area contributed by atoms with E-state index in [1.165, 1.54) is 0 Å². The van der Waals surface area contributed by atoms with Crippen molar-refractivity contribution in [2.45, 2.75) is 38.1 Å². The average molecular weight is 412 g/mol. The summed E-state index contributed by atoms with van der Waals surface area (Å²) in [4.78, 5) is 12.2. The highest BCUT2D eigenvalue weighted by molar-refractivity contribution is 7.92. The Hall–Kier alpha value is -2.09. The number of anilines is 1. The van der Waals surface area contributed by atoms with E-state index in [2.05, 4.69) is 10.0 Å². The van der Waals surface area contributed by atoms with Crippen LogP contribution in [0.4, 0.5) is 5.69 Å². The molecule has 1 atom stereocenters. The Morgan fingerprint density at radius 3 is 2.26 bits per heavy atom. The first kappa shape index (κ1) is 23.0. The smallest absolute Gasteiger partial charge is 0.261 e. The number of amides is 1.